The molecule has 2 rings (SSSR count). The lowest BCUT2D eigenvalue weighted by molar-refractivity contribution is 0.214. The first kappa shape index (κ1) is 15.5. The molecule has 0 spiro atoms. The Labute approximate surface area is 126 Å². The fourth-order valence-electron chi connectivity index (χ4n) is 2.64. The standard InChI is InChI=1S/C17H26N2S/c1-5-10-19(13(2)3)12-15-14-8-6-7-9-16(14)20-17(15)11-18-4/h6-9,13,18H,5,10-12H2,1-4H3. The van der Waals surface area contributed by atoms with Crippen molar-refractivity contribution in [3.8, 4) is 0 Å². The average Bonchev–Trinajstić information content (AvgIpc) is 2.77. The molecule has 2 nitrogen and oxygen atoms in total. The number of nitrogens with one attached hydrogen (secondary N) is 1. The van der Waals surface area contributed by atoms with Crippen LogP contribution in [0.1, 0.15) is 37.6 Å². The Morgan fingerprint density at radius 3 is 2.65 bits per heavy atom. The Kier molecular flexibility index (Phi) is 5.58. The third-order valence-electron chi connectivity index (χ3n) is 3.72. The molecule has 0 unspecified atom stereocenters. The third-order valence-corrected chi connectivity index (χ3v) is 4.93. The van der Waals surface area contributed by atoms with E-state index in [-0.39, 0.29) is 0 Å². The molecule has 0 aliphatic heterocycles. The van der Waals surface area contributed by atoms with Gasteiger partial charge in [-0.15, -0.1) is 11.3 Å². The second-order valence-corrected chi connectivity index (χ2v) is 6.73. The summed E-state index contributed by atoms with van der Waals surface area (Å²) in [7, 11) is 2.03. The van der Waals surface area contributed by atoms with Crippen LogP contribution < -0.4 is 5.32 Å². The van der Waals surface area contributed by atoms with E-state index in [1.807, 2.05) is 18.4 Å². The van der Waals surface area contributed by atoms with Crippen LogP contribution in [0.4, 0.5) is 0 Å². The van der Waals surface area contributed by atoms with Crippen molar-refractivity contribution in [3.05, 3.63) is 34.7 Å². The Bertz CT molecular complexity index is 545. The van der Waals surface area contributed by atoms with E-state index in [4.69, 9.17) is 0 Å². The predicted molar refractivity (Wildman–Crippen MR) is 90.4 cm³/mol. The molecule has 0 fully saturated rings. The van der Waals surface area contributed by atoms with E-state index < -0.39 is 0 Å². The van der Waals surface area contributed by atoms with E-state index in [9.17, 15) is 0 Å². The summed E-state index contributed by atoms with van der Waals surface area (Å²) < 4.78 is 1.41. The topological polar surface area (TPSA) is 15.3 Å². The molecule has 3 heteroatoms. The van der Waals surface area contributed by atoms with E-state index in [1.165, 1.54) is 33.5 Å². The number of hydrogen-bond acceptors (Lipinski definition) is 3. The highest BCUT2D eigenvalue weighted by atomic mass is 32.1. The van der Waals surface area contributed by atoms with Gasteiger partial charge in [0, 0.05) is 28.7 Å². The van der Waals surface area contributed by atoms with E-state index in [0.717, 1.165) is 13.1 Å². The highest BCUT2D eigenvalue weighted by Crippen LogP contribution is 2.32. The number of benzene rings is 1. The number of fused-ring (bicyclic) bond motifs is 1. The molecule has 1 heterocycles. The molecule has 0 radical (unpaired) electrons. The van der Waals surface area contributed by atoms with Crippen LogP contribution >= 0.6 is 11.3 Å². The van der Waals surface area contributed by atoms with Crippen molar-refractivity contribution in [2.75, 3.05) is 13.6 Å². The molecule has 0 atom stereocenters. The average molecular weight is 290 g/mol. The maximum Gasteiger partial charge on any atom is 0.0349 e. The van der Waals surface area contributed by atoms with Crippen LogP contribution in [0.15, 0.2) is 24.3 Å². The van der Waals surface area contributed by atoms with Crippen LogP contribution in [0.3, 0.4) is 0 Å². The minimum absolute atomic E-state index is 0.594. The van der Waals surface area contributed by atoms with Crippen LogP contribution in [0.5, 0.6) is 0 Å². The molecule has 0 bridgehead atoms. The minimum atomic E-state index is 0.594. The lowest BCUT2D eigenvalue weighted by atomic mass is 10.1. The van der Waals surface area contributed by atoms with Gasteiger partial charge in [0.1, 0.15) is 0 Å². The summed E-state index contributed by atoms with van der Waals surface area (Å²) in [5.74, 6) is 0. The largest absolute Gasteiger partial charge is 0.315 e. The van der Waals surface area contributed by atoms with E-state index in [1.54, 1.807) is 0 Å². The fourth-order valence-corrected chi connectivity index (χ4v) is 3.86. The maximum absolute atomic E-state index is 3.31. The van der Waals surface area contributed by atoms with Crippen LogP contribution in [-0.4, -0.2) is 24.5 Å². The summed E-state index contributed by atoms with van der Waals surface area (Å²) >= 11 is 1.93. The number of rotatable bonds is 7. The molecule has 20 heavy (non-hydrogen) atoms. The number of hydrogen-bond donors (Lipinski definition) is 1. The normalized spacial score (nSPS) is 11.9. The second-order valence-electron chi connectivity index (χ2n) is 5.59. The summed E-state index contributed by atoms with van der Waals surface area (Å²) in [5, 5.41) is 4.75. The van der Waals surface area contributed by atoms with Crippen molar-refractivity contribution in [1.29, 1.82) is 0 Å². The van der Waals surface area contributed by atoms with Crippen molar-refractivity contribution in [2.45, 2.75) is 46.3 Å². The summed E-state index contributed by atoms with van der Waals surface area (Å²) in [4.78, 5) is 4.06. The van der Waals surface area contributed by atoms with Crippen molar-refractivity contribution in [3.63, 3.8) is 0 Å². The quantitative estimate of drug-likeness (QED) is 0.820. The summed E-state index contributed by atoms with van der Waals surface area (Å²) in [6, 6.07) is 9.39. The zero-order valence-electron chi connectivity index (χ0n) is 13.1. The predicted octanol–water partition coefficient (Wildman–Crippen LogP) is 4.24. The summed E-state index contributed by atoms with van der Waals surface area (Å²) in [5.41, 5.74) is 1.52. The van der Waals surface area contributed by atoms with Crippen molar-refractivity contribution < 1.29 is 0 Å². The Hall–Kier alpha value is -0.900. The molecule has 2 aromatic rings. The number of thiophene rings is 1. The van der Waals surface area contributed by atoms with Gasteiger partial charge in [-0.2, -0.15) is 0 Å². The van der Waals surface area contributed by atoms with Crippen LogP contribution in [0.2, 0.25) is 0 Å². The molecule has 1 aromatic heterocycles. The van der Waals surface area contributed by atoms with Gasteiger partial charge in [-0.1, -0.05) is 25.1 Å². The van der Waals surface area contributed by atoms with Crippen LogP contribution in [0.25, 0.3) is 10.1 Å². The van der Waals surface area contributed by atoms with E-state index >= 15 is 0 Å². The maximum atomic E-state index is 3.31. The van der Waals surface area contributed by atoms with E-state index in [2.05, 4.69) is 55.3 Å². The monoisotopic (exact) mass is 290 g/mol. The zero-order chi connectivity index (χ0) is 14.5. The lowest BCUT2D eigenvalue weighted by Crippen LogP contribution is -2.31. The fraction of sp³-hybridized carbons (Fsp3) is 0.529. The van der Waals surface area contributed by atoms with E-state index in [0.29, 0.717) is 6.04 Å². The molecular weight excluding hydrogens is 264 g/mol. The Morgan fingerprint density at radius 2 is 2.00 bits per heavy atom. The first-order valence-electron chi connectivity index (χ1n) is 7.55. The molecule has 1 aromatic carbocycles. The minimum Gasteiger partial charge on any atom is -0.315 e. The highest BCUT2D eigenvalue weighted by molar-refractivity contribution is 7.19. The molecule has 1 N–H and O–H groups in total. The van der Waals surface area contributed by atoms with Gasteiger partial charge in [0.25, 0.3) is 0 Å². The molecule has 0 aliphatic carbocycles. The van der Waals surface area contributed by atoms with Gasteiger partial charge in [0.2, 0.25) is 0 Å². The number of nitrogens with zero attached hydrogens (tertiary/aromatic N) is 1. The van der Waals surface area contributed by atoms with Crippen molar-refractivity contribution in [1.82, 2.24) is 10.2 Å². The van der Waals surface area contributed by atoms with Gasteiger partial charge < -0.3 is 5.32 Å². The molecule has 0 aliphatic rings. The molecule has 0 saturated heterocycles. The van der Waals surface area contributed by atoms with Gasteiger partial charge in [-0.25, -0.2) is 0 Å². The van der Waals surface area contributed by atoms with Crippen LogP contribution in [-0.2, 0) is 13.1 Å². The van der Waals surface area contributed by atoms with Crippen molar-refractivity contribution in [2.24, 2.45) is 0 Å². The summed E-state index contributed by atoms with van der Waals surface area (Å²) in [6.45, 7) is 10.0. The third kappa shape index (κ3) is 3.40. The summed E-state index contributed by atoms with van der Waals surface area (Å²) in [6.07, 6.45) is 1.21. The van der Waals surface area contributed by atoms with Gasteiger partial charge in [0.15, 0.2) is 0 Å². The Morgan fingerprint density at radius 1 is 1.25 bits per heavy atom. The lowest BCUT2D eigenvalue weighted by Gasteiger charge is -2.26. The second kappa shape index (κ2) is 7.21. The Balaban J connectivity index is 2.37. The van der Waals surface area contributed by atoms with Gasteiger partial charge >= 0.3 is 0 Å². The zero-order valence-corrected chi connectivity index (χ0v) is 13.9. The smallest absolute Gasteiger partial charge is 0.0349 e. The molecule has 0 amide bonds. The first-order chi connectivity index (χ1) is 9.67. The highest BCUT2D eigenvalue weighted by Gasteiger charge is 2.16. The molecule has 0 saturated carbocycles. The first-order valence-corrected chi connectivity index (χ1v) is 8.37. The molecule has 110 valence electrons. The van der Waals surface area contributed by atoms with Gasteiger partial charge in [-0.05, 0) is 50.9 Å². The van der Waals surface area contributed by atoms with Gasteiger partial charge in [-0.3, -0.25) is 4.90 Å². The van der Waals surface area contributed by atoms with Crippen LogP contribution in [0, 0.1) is 0 Å². The van der Waals surface area contributed by atoms with Crippen molar-refractivity contribution >= 4 is 21.4 Å². The molecular formula is C17H26N2S. The van der Waals surface area contributed by atoms with Gasteiger partial charge in [0.05, 0.1) is 0 Å². The SMILES string of the molecule is CCCN(Cc1c(CNC)sc2ccccc12)C(C)C.